The summed E-state index contributed by atoms with van der Waals surface area (Å²) in [4.78, 5) is 0. The van der Waals surface area contributed by atoms with Crippen molar-refractivity contribution in [1.29, 1.82) is 0 Å². The van der Waals surface area contributed by atoms with Gasteiger partial charge in [0.25, 0.3) is 0 Å². The first-order chi connectivity index (χ1) is 6.31. The Bertz CT molecular complexity index is 309. The molecule has 0 bridgehead atoms. The van der Waals surface area contributed by atoms with Crippen molar-refractivity contribution in [3.63, 3.8) is 0 Å². The average molecular weight is 180 g/mol. The van der Waals surface area contributed by atoms with E-state index >= 15 is 0 Å². The fourth-order valence-corrected chi connectivity index (χ4v) is 1.48. The third-order valence-electron chi connectivity index (χ3n) is 2.22. The lowest BCUT2D eigenvalue weighted by Crippen LogP contribution is -2.13. The molecular weight excluding hydrogens is 168 g/mol. The second kappa shape index (κ2) is 3.26. The number of aliphatic hydroxyl groups excluding tert-OH is 1. The topological polar surface area (TPSA) is 38.7 Å². The molecule has 0 amide bonds. The predicted molar refractivity (Wildman–Crippen MR) is 48.1 cm³/mol. The van der Waals surface area contributed by atoms with Crippen LogP contribution in [-0.2, 0) is 0 Å². The number of aliphatic hydroxyl groups is 1. The smallest absolute Gasteiger partial charge is 0.125 e. The summed E-state index contributed by atoms with van der Waals surface area (Å²) in [5.41, 5.74) is 0.825. The van der Waals surface area contributed by atoms with Crippen LogP contribution in [0.15, 0.2) is 18.2 Å². The number of hydrogen-bond donors (Lipinski definition) is 1. The van der Waals surface area contributed by atoms with Crippen LogP contribution in [-0.4, -0.2) is 18.8 Å². The van der Waals surface area contributed by atoms with Gasteiger partial charge in [0.05, 0.1) is 19.8 Å². The Morgan fingerprint density at radius 1 is 1.54 bits per heavy atom. The largest absolute Gasteiger partial charge is 0.497 e. The Labute approximate surface area is 76.9 Å². The lowest BCUT2D eigenvalue weighted by atomic mass is 10.0. The summed E-state index contributed by atoms with van der Waals surface area (Å²) in [6.45, 7) is 0.584. The van der Waals surface area contributed by atoms with Gasteiger partial charge in [-0.2, -0.15) is 0 Å². The van der Waals surface area contributed by atoms with Gasteiger partial charge >= 0.3 is 0 Å². The highest BCUT2D eigenvalue weighted by Crippen LogP contribution is 2.34. The van der Waals surface area contributed by atoms with E-state index in [1.54, 1.807) is 7.11 Å². The second-order valence-electron chi connectivity index (χ2n) is 3.06. The van der Waals surface area contributed by atoms with Gasteiger partial charge in [-0.1, -0.05) is 0 Å². The van der Waals surface area contributed by atoms with E-state index in [2.05, 4.69) is 0 Å². The Balaban J connectivity index is 2.41. The molecule has 1 aromatic rings. The zero-order valence-electron chi connectivity index (χ0n) is 7.49. The SMILES string of the molecule is COc1ccc2c(c1)[C@@H](O)CCO2. The molecular formula is C10H12O3. The Morgan fingerprint density at radius 3 is 3.15 bits per heavy atom. The van der Waals surface area contributed by atoms with Crippen LogP contribution in [0.4, 0.5) is 0 Å². The fourth-order valence-electron chi connectivity index (χ4n) is 1.48. The highest BCUT2D eigenvalue weighted by molar-refractivity contribution is 5.42. The van der Waals surface area contributed by atoms with E-state index in [4.69, 9.17) is 9.47 Å². The summed E-state index contributed by atoms with van der Waals surface area (Å²) < 4.78 is 10.4. The van der Waals surface area contributed by atoms with Gasteiger partial charge in [0.15, 0.2) is 0 Å². The molecule has 0 saturated heterocycles. The van der Waals surface area contributed by atoms with E-state index < -0.39 is 6.10 Å². The summed E-state index contributed by atoms with van der Waals surface area (Å²) in [7, 11) is 1.61. The van der Waals surface area contributed by atoms with Crippen LogP contribution in [0.5, 0.6) is 11.5 Å². The van der Waals surface area contributed by atoms with E-state index in [9.17, 15) is 5.11 Å². The van der Waals surface area contributed by atoms with Gasteiger partial charge in [-0.15, -0.1) is 0 Å². The number of methoxy groups -OCH3 is 1. The minimum atomic E-state index is -0.418. The normalized spacial score (nSPS) is 20.3. The van der Waals surface area contributed by atoms with Crippen molar-refractivity contribution < 1.29 is 14.6 Å². The van der Waals surface area contributed by atoms with Gasteiger partial charge in [-0.3, -0.25) is 0 Å². The quantitative estimate of drug-likeness (QED) is 0.712. The van der Waals surface area contributed by atoms with Crippen molar-refractivity contribution in [3.05, 3.63) is 23.8 Å². The maximum absolute atomic E-state index is 9.65. The summed E-state index contributed by atoms with van der Waals surface area (Å²) in [5.74, 6) is 1.52. The number of rotatable bonds is 1. The second-order valence-corrected chi connectivity index (χ2v) is 3.06. The summed E-state index contributed by atoms with van der Waals surface area (Å²) in [6, 6.07) is 5.48. The van der Waals surface area contributed by atoms with E-state index in [0.29, 0.717) is 13.0 Å². The van der Waals surface area contributed by atoms with Crippen molar-refractivity contribution in [2.24, 2.45) is 0 Å². The molecule has 70 valence electrons. The minimum Gasteiger partial charge on any atom is -0.497 e. The molecule has 1 aliphatic rings. The van der Waals surface area contributed by atoms with Crippen molar-refractivity contribution in [2.75, 3.05) is 13.7 Å². The lowest BCUT2D eigenvalue weighted by molar-refractivity contribution is 0.115. The van der Waals surface area contributed by atoms with Crippen molar-refractivity contribution in [2.45, 2.75) is 12.5 Å². The van der Waals surface area contributed by atoms with Gasteiger partial charge in [0, 0.05) is 12.0 Å². The Kier molecular flexibility index (Phi) is 2.10. The third-order valence-corrected chi connectivity index (χ3v) is 2.22. The first-order valence-electron chi connectivity index (χ1n) is 4.30. The molecule has 1 aromatic carbocycles. The van der Waals surface area contributed by atoms with E-state index in [1.165, 1.54) is 0 Å². The number of fused-ring (bicyclic) bond motifs is 1. The first kappa shape index (κ1) is 8.38. The van der Waals surface area contributed by atoms with Crippen LogP contribution in [0.3, 0.4) is 0 Å². The van der Waals surface area contributed by atoms with Crippen LogP contribution in [0.2, 0.25) is 0 Å². The van der Waals surface area contributed by atoms with E-state index in [0.717, 1.165) is 17.1 Å². The summed E-state index contributed by atoms with van der Waals surface area (Å²) >= 11 is 0. The molecule has 0 aliphatic carbocycles. The predicted octanol–water partition coefficient (Wildman–Crippen LogP) is 1.51. The minimum absolute atomic E-state index is 0.418. The van der Waals surface area contributed by atoms with E-state index in [-0.39, 0.29) is 0 Å². The molecule has 1 aliphatic heterocycles. The van der Waals surface area contributed by atoms with E-state index in [1.807, 2.05) is 18.2 Å². The standard InChI is InChI=1S/C10H12O3/c1-12-7-2-3-10-8(6-7)9(11)4-5-13-10/h2-3,6,9,11H,4-5H2,1H3/t9-/m0/s1. The average Bonchev–Trinajstić information content (AvgIpc) is 2.18. The summed E-state index contributed by atoms with van der Waals surface area (Å²) in [5, 5.41) is 9.65. The van der Waals surface area contributed by atoms with Crippen molar-refractivity contribution >= 4 is 0 Å². The monoisotopic (exact) mass is 180 g/mol. The molecule has 3 heteroatoms. The molecule has 0 saturated carbocycles. The van der Waals surface area contributed by atoms with Gasteiger partial charge in [0.1, 0.15) is 11.5 Å². The van der Waals surface area contributed by atoms with Crippen LogP contribution < -0.4 is 9.47 Å². The maximum atomic E-state index is 9.65. The van der Waals surface area contributed by atoms with Crippen LogP contribution >= 0.6 is 0 Å². The third kappa shape index (κ3) is 1.47. The molecule has 0 fully saturated rings. The number of ether oxygens (including phenoxy) is 2. The highest BCUT2D eigenvalue weighted by atomic mass is 16.5. The Morgan fingerprint density at radius 2 is 2.38 bits per heavy atom. The number of benzene rings is 1. The highest BCUT2D eigenvalue weighted by Gasteiger charge is 2.19. The Hall–Kier alpha value is -1.22. The van der Waals surface area contributed by atoms with Gasteiger partial charge in [-0.05, 0) is 18.2 Å². The molecule has 13 heavy (non-hydrogen) atoms. The summed E-state index contributed by atoms with van der Waals surface area (Å²) in [6.07, 6.45) is 0.235. The molecule has 0 radical (unpaired) electrons. The van der Waals surface area contributed by atoms with Crippen LogP contribution in [0.1, 0.15) is 18.1 Å². The molecule has 2 rings (SSSR count). The molecule has 0 unspecified atom stereocenters. The zero-order valence-corrected chi connectivity index (χ0v) is 7.49. The van der Waals surface area contributed by atoms with Gasteiger partial charge in [-0.25, -0.2) is 0 Å². The fraction of sp³-hybridized carbons (Fsp3) is 0.400. The zero-order chi connectivity index (χ0) is 9.26. The maximum Gasteiger partial charge on any atom is 0.125 e. The van der Waals surface area contributed by atoms with Crippen LogP contribution in [0, 0.1) is 0 Å². The first-order valence-corrected chi connectivity index (χ1v) is 4.30. The van der Waals surface area contributed by atoms with Crippen molar-refractivity contribution in [3.8, 4) is 11.5 Å². The molecule has 0 aromatic heterocycles. The molecule has 1 atom stereocenters. The van der Waals surface area contributed by atoms with Gasteiger partial charge < -0.3 is 14.6 Å². The molecule has 1 heterocycles. The molecule has 1 N–H and O–H groups in total. The van der Waals surface area contributed by atoms with Gasteiger partial charge in [0.2, 0.25) is 0 Å². The molecule has 3 nitrogen and oxygen atoms in total. The molecule has 0 spiro atoms. The van der Waals surface area contributed by atoms with Crippen LogP contribution in [0.25, 0.3) is 0 Å². The van der Waals surface area contributed by atoms with Crippen molar-refractivity contribution in [1.82, 2.24) is 0 Å². The number of hydrogen-bond acceptors (Lipinski definition) is 3. The lowest BCUT2D eigenvalue weighted by Gasteiger charge is -2.22.